The molecule has 0 bridgehead atoms. The number of aryl methyl sites for hydroxylation is 1. The molecule has 1 aromatic carbocycles. The van der Waals surface area contributed by atoms with Gasteiger partial charge in [-0.15, -0.1) is 0 Å². The van der Waals surface area contributed by atoms with Crippen LogP contribution in [-0.2, 0) is 0 Å². The molecule has 2 aromatic rings. The fourth-order valence-electron chi connectivity index (χ4n) is 1.57. The second-order valence-corrected chi connectivity index (χ2v) is 3.93. The normalized spacial score (nSPS) is 10.1. The number of aromatic nitrogens is 1. The average molecular weight is 243 g/mol. The van der Waals surface area contributed by atoms with Crippen molar-refractivity contribution in [1.29, 1.82) is 0 Å². The predicted octanol–water partition coefficient (Wildman–Crippen LogP) is 1.67. The van der Waals surface area contributed by atoms with Crippen molar-refractivity contribution in [1.82, 2.24) is 4.98 Å². The molecule has 1 aromatic heterocycles. The van der Waals surface area contributed by atoms with E-state index in [2.05, 4.69) is 10.3 Å². The van der Waals surface area contributed by atoms with Crippen LogP contribution in [0, 0.1) is 6.92 Å². The van der Waals surface area contributed by atoms with Crippen LogP contribution in [0.15, 0.2) is 36.5 Å². The molecule has 0 saturated heterocycles. The molecule has 2 rings (SSSR count). The molecule has 0 saturated carbocycles. The number of primary amides is 1. The number of hydrogen-bond donors (Lipinski definition) is 3. The van der Waals surface area contributed by atoms with Crippen molar-refractivity contribution >= 4 is 17.5 Å². The third-order valence-corrected chi connectivity index (χ3v) is 2.61. The number of carbonyl (C=O) groups is 2. The smallest absolute Gasteiger partial charge is 0.272 e. The first-order valence-electron chi connectivity index (χ1n) is 5.43. The maximum Gasteiger partial charge on any atom is 0.272 e. The molecule has 2 amide bonds. The van der Waals surface area contributed by atoms with Crippen LogP contribution >= 0.6 is 0 Å². The quantitative estimate of drug-likeness (QED) is 0.765. The lowest BCUT2D eigenvalue weighted by atomic mass is 10.1. The Morgan fingerprint density at radius 3 is 2.67 bits per heavy atom. The summed E-state index contributed by atoms with van der Waals surface area (Å²) >= 11 is 0. The van der Waals surface area contributed by atoms with E-state index < -0.39 is 5.91 Å². The van der Waals surface area contributed by atoms with E-state index in [1.807, 2.05) is 6.92 Å². The number of benzene rings is 1. The zero-order valence-electron chi connectivity index (χ0n) is 9.86. The molecule has 5 heteroatoms. The number of nitrogens with two attached hydrogens (primary N) is 1. The fraction of sp³-hybridized carbons (Fsp3) is 0.0769. The molecule has 0 aliphatic carbocycles. The van der Waals surface area contributed by atoms with E-state index in [4.69, 9.17) is 5.73 Å². The summed E-state index contributed by atoms with van der Waals surface area (Å²) in [5.74, 6) is -0.782. The van der Waals surface area contributed by atoms with Crippen LogP contribution in [-0.4, -0.2) is 16.8 Å². The number of anilines is 1. The van der Waals surface area contributed by atoms with Gasteiger partial charge in [-0.2, -0.15) is 0 Å². The molecule has 5 nitrogen and oxygen atoms in total. The standard InChI is InChI=1S/C13H13N3O2/c1-8-4-5-9(12(14)17)7-11(8)16-13(18)10-3-2-6-15-10/h2-7,15H,1H3,(H2,14,17)(H,16,18). The van der Waals surface area contributed by atoms with E-state index in [9.17, 15) is 9.59 Å². The maximum atomic E-state index is 11.9. The summed E-state index contributed by atoms with van der Waals surface area (Å²) in [6.45, 7) is 1.84. The SMILES string of the molecule is Cc1ccc(C(N)=O)cc1NC(=O)c1ccc[nH]1. The molecule has 0 radical (unpaired) electrons. The second kappa shape index (κ2) is 4.75. The van der Waals surface area contributed by atoms with Crippen molar-refractivity contribution in [3.63, 3.8) is 0 Å². The van der Waals surface area contributed by atoms with Gasteiger partial charge in [0.15, 0.2) is 0 Å². The first-order valence-corrected chi connectivity index (χ1v) is 5.43. The van der Waals surface area contributed by atoms with Crippen LogP contribution in [0.2, 0.25) is 0 Å². The largest absolute Gasteiger partial charge is 0.366 e. The molecular weight excluding hydrogens is 230 g/mol. The van der Waals surface area contributed by atoms with Gasteiger partial charge in [-0.3, -0.25) is 9.59 Å². The van der Waals surface area contributed by atoms with E-state index in [0.717, 1.165) is 5.56 Å². The second-order valence-electron chi connectivity index (χ2n) is 3.93. The van der Waals surface area contributed by atoms with Crippen molar-refractivity contribution in [2.75, 3.05) is 5.32 Å². The third kappa shape index (κ3) is 2.40. The Morgan fingerprint density at radius 1 is 1.28 bits per heavy atom. The van der Waals surface area contributed by atoms with Crippen LogP contribution < -0.4 is 11.1 Å². The average Bonchev–Trinajstić information content (AvgIpc) is 2.85. The van der Waals surface area contributed by atoms with Crippen LogP contribution in [0.1, 0.15) is 26.4 Å². The highest BCUT2D eigenvalue weighted by Gasteiger charge is 2.10. The minimum absolute atomic E-state index is 0.260. The highest BCUT2D eigenvalue weighted by molar-refractivity contribution is 6.04. The Morgan fingerprint density at radius 2 is 2.06 bits per heavy atom. The van der Waals surface area contributed by atoms with Gasteiger partial charge in [-0.05, 0) is 36.8 Å². The summed E-state index contributed by atoms with van der Waals surface area (Å²) in [5.41, 5.74) is 7.46. The van der Waals surface area contributed by atoms with E-state index in [-0.39, 0.29) is 5.91 Å². The first kappa shape index (κ1) is 11.9. The Kier molecular flexibility index (Phi) is 3.14. The number of carbonyl (C=O) groups excluding carboxylic acids is 2. The fourth-order valence-corrected chi connectivity index (χ4v) is 1.57. The summed E-state index contributed by atoms with van der Waals surface area (Å²) < 4.78 is 0. The van der Waals surface area contributed by atoms with Gasteiger partial charge in [0.1, 0.15) is 5.69 Å². The van der Waals surface area contributed by atoms with Gasteiger partial charge in [-0.25, -0.2) is 0 Å². The van der Waals surface area contributed by atoms with Crippen molar-refractivity contribution in [2.24, 2.45) is 5.73 Å². The van der Waals surface area contributed by atoms with Gasteiger partial charge >= 0.3 is 0 Å². The van der Waals surface area contributed by atoms with E-state index in [0.29, 0.717) is 16.9 Å². The zero-order valence-corrected chi connectivity index (χ0v) is 9.86. The third-order valence-electron chi connectivity index (χ3n) is 2.61. The summed E-state index contributed by atoms with van der Waals surface area (Å²) in [5, 5.41) is 2.73. The number of aromatic amines is 1. The zero-order chi connectivity index (χ0) is 13.1. The molecule has 0 aliphatic rings. The van der Waals surface area contributed by atoms with Crippen LogP contribution in [0.25, 0.3) is 0 Å². The van der Waals surface area contributed by atoms with Crippen molar-refractivity contribution in [3.8, 4) is 0 Å². The summed E-state index contributed by atoms with van der Waals surface area (Å²) in [6.07, 6.45) is 1.67. The van der Waals surface area contributed by atoms with Gasteiger partial charge in [0.25, 0.3) is 5.91 Å². The topological polar surface area (TPSA) is 88.0 Å². The highest BCUT2D eigenvalue weighted by Crippen LogP contribution is 2.17. The first-order chi connectivity index (χ1) is 8.58. The monoisotopic (exact) mass is 243 g/mol. The number of rotatable bonds is 3. The molecule has 4 N–H and O–H groups in total. The molecular formula is C13H13N3O2. The Balaban J connectivity index is 2.26. The molecule has 1 heterocycles. The highest BCUT2D eigenvalue weighted by atomic mass is 16.2. The summed E-state index contributed by atoms with van der Waals surface area (Å²) in [7, 11) is 0. The molecule has 0 spiro atoms. The van der Waals surface area contributed by atoms with Gasteiger partial charge < -0.3 is 16.0 Å². The van der Waals surface area contributed by atoms with E-state index in [1.165, 1.54) is 0 Å². The summed E-state index contributed by atoms with van der Waals surface area (Å²) in [4.78, 5) is 25.7. The van der Waals surface area contributed by atoms with Crippen LogP contribution in [0.5, 0.6) is 0 Å². The molecule has 0 fully saturated rings. The maximum absolute atomic E-state index is 11.9. The number of H-pyrrole nitrogens is 1. The minimum Gasteiger partial charge on any atom is -0.366 e. The number of nitrogens with one attached hydrogen (secondary N) is 2. The molecule has 92 valence electrons. The molecule has 18 heavy (non-hydrogen) atoms. The number of hydrogen-bond acceptors (Lipinski definition) is 2. The number of amides is 2. The predicted molar refractivity (Wildman–Crippen MR) is 68.4 cm³/mol. The Labute approximate surface area is 104 Å². The van der Waals surface area contributed by atoms with Crippen molar-refractivity contribution in [2.45, 2.75) is 6.92 Å². The van der Waals surface area contributed by atoms with Gasteiger partial charge in [0, 0.05) is 17.4 Å². The van der Waals surface area contributed by atoms with Crippen LogP contribution in [0.3, 0.4) is 0 Å². The van der Waals surface area contributed by atoms with E-state index in [1.54, 1.807) is 36.5 Å². The Hall–Kier alpha value is -2.56. The van der Waals surface area contributed by atoms with Crippen molar-refractivity contribution < 1.29 is 9.59 Å². The lowest BCUT2D eigenvalue weighted by Gasteiger charge is -2.08. The molecule has 0 unspecified atom stereocenters. The molecule has 0 atom stereocenters. The Bertz CT molecular complexity index is 588. The lowest BCUT2D eigenvalue weighted by molar-refractivity contribution is 0.0995. The van der Waals surface area contributed by atoms with Crippen LogP contribution in [0.4, 0.5) is 5.69 Å². The summed E-state index contributed by atoms with van der Waals surface area (Å²) in [6, 6.07) is 8.34. The van der Waals surface area contributed by atoms with Crippen molar-refractivity contribution in [3.05, 3.63) is 53.3 Å². The molecule has 0 aliphatic heterocycles. The van der Waals surface area contributed by atoms with E-state index >= 15 is 0 Å². The van der Waals surface area contributed by atoms with Gasteiger partial charge in [0.2, 0.25) is 5.91 Å². The lowest BCUT2D eigenvalue weighted by Crippen LogP contribution is -2.15. The van der Waals surface area contributed by atoms with Gasteiger partial charge in [0.05, 0.1) is 0 Å². The minimum atomic E-state index is -0.523. The van der Waals surface area contributed by atoms with Gasteiger partial charge in [-0.1, -0.05) is 6.07 Å².